The molecule has 4 aliphatic rings. The Bertz CT molecular complexity index is 3210. The van der Waals surface area contributed by atoms with Crippen molar-refractivity contribution < 1.29 is 51.0 Å². The molecule has 0 N–H and O–H groups in total. The molecule has 2 aliphatic carbocycles. The first-order valence-corrected chi connectivity index (χ1v) is 25.2. The van der Waals surface area contributed by atoms with Gasteiger partial charge in [0.2, 0.25) is 0 Å². The Balaban J connectivity index is 0.000000147. The summed E-state index contributed by atoms with van der Waals surface area (Å²) in [7, 11) is -0.976. The number of rotatable bonds is 4. The molecule has 2 aromatic heterocycles. The van der Waals surface area contributed by atoms with E-state index in [-0.39, 0.29) is 47.0 Å². The van der Waals surface area contributed by atoms with Gasteiger partial charge in [0.15, 0.2) is 0 Å². The molecule has 7 nitrogen and oxygen atoms in total. The van der Waals surface area contributed by atoms with Crippen LogP contribution in [0.25, 0.3) is 66.1 Å². The van der Waals surface area contributed by atoms with Crippen LogP contribution in [-0.4, -0.2) is 42.9 Å². The summed E-state index contributed by atoms with van der Waals surface area (Å²) in [5.74, 6) is 0. The third-order valence-corrected chi connectivity index (χ3v) is 15.9. The quantitative estimate of drug-likeness (QED) is 0.129. The van der Waals surface area contributed by atoms with Crippen molar-refractivity contribution in [1.82, 2.24) is 0 Å². The van der Waals surface area contributed by atoms with Crippen LogP contribution in [0, 0.1) is 6.42 Å². The summed E-state index contributed by atoms with van der Waals surface area (Å²) in [6, 6.07) is 40.9. The summed E-state index contributed by atoms with van der Waals surface area (Å²) in [6.45, 7) is 33.7. The molecular weight excluding hydrogens is 873 g/mol. The zero-order valence-electron chi connectivity index (χ0n) is 45.3. The van der Waals surface area contributed by atoms with Crippen LogP contribution in [-0.2, 0) is 34.1 Å². The molecule has 0 spiro atoms. The van der Waals surface area contributed by atoms with Gasteiger partial charge in [-0.2, -0.15) is 13.3 Å². The van der Waals surface area contributed by atoms with Crippen LogP contribution in [0.1, 0.15) is 139 Å². The molecule has 2 aliphatic heterocycles. The van der Waals surface area contributed by atoms with Crippen LogP contribution in [0.4, 0.5) is 0 Å². The molecular formula is C61H71B2LiO7. The summed E-state index contributed by atoms with van der Waals surface area (Å²) in [5, 5.41) is 4.65. The largest absolute Gasteiger partial charge is 1.00 e. The molecule has 8 aromatic rings. The minimum Gasteiger partial charge on any atom is -0.456 e. The van der Waals surface area contributed by atoms with Gasteiger partial charge in [0.05, 0.1) is 22.4 Å². The van der Waals surface area contributed by atoms with E-state index in [1.54, 1.807) is 0 Å². The van der Waals surface area contributed by atoms with Crippen molar-refractivity contribution in [2.24, 2.45) is 0 Å². The van der Waals surface area contributed by atoms with Gasteiger partial charge < -0.3 is 38.5 Å². The summed E-state index contributed by atoms with van der Waals surface area (Å²) in [4.78, 5) is 0. The molecule has 0 saturated carbocycles. The van der Waals surface area contributed by atoms with Gasteiger partial charge >= 0.3 is 33.3 Å². The van der Waals surface area contributed by atoms with E-state index in [1.807, 2.05) is 53.7 Å². The van der Waals surface area contributed by atoms with Gasteiger partial charge in [-0.05, 0) is 109 Å². The molecule has 0 atom stereocenters. The van der Waals surface area contributed by atoms with Gasteiger partial charge in [-0.15, -0.1) is 0 Å². The van der Waals surface area contributed by atoms with Crippen LogP contribution < -0.4 is 24.3 Å². The van der Waals surface area contributed by atoms with Crippen molar-refractivity contribution in [3.63, 3.8) is 0 Å². The van der Waals surface area contributed by atoms with Crippen LogP contribution >= 0.6 is 0 Å². The summed E-state index contributed by atoms with van der Waals surface area (Å²) < 4.78 is 42.3. The number of fused-ring (bicyclic) bond motifs is 14. The van der Waals surface area contributed by atoms with E-state index in [4.69, 9.17) is 32.1 Å². The zero-order valence-corrected chi connectivity index (χ0v) is 45.3. The molecule has 0 amide bonds. The normalized spacial score (nSPS) is 18.7. The summed E-state index contributed by atoms with van der Waals surface area (Å²) >= 11 is 0. The molecule has 4 heterocycles. The van der Waals surface area contributed by atoms with Crippen molar-refractivity contribution in [2.45, 2.75) is 157 Å². The number of hydrogen-bond acceptors (Lipinski definition) is 7. The minimum absolute atomic E-state index is 0. The standard InChI is InChI=1S/C27H27BO3.C21H16O.C9H19BO3.C4H9.Li/c1-25(2)19-12-8-7-10-18(19)22-20(25)15-14-17-16-11-9-13-21(23(16)29-24(17)22)28-30-26(3,4)27(5,6)31-28;1-21(2)16-9-5-3-8-15(16)19-17(21)12-11-14-13-7-4-6-10-18(13)22-20(14)19;1-7(2)11-10-12-8(3,4)9(5,6)13-10;1-3-4-2;/h7-15H,1-6H3;3-12H,1-2H3;7H,1-6H3;3H,4H2,1-2H3;/q;;;-1;+1. The van der Waals surface area contributed by atoms with E-state index in [0.717, 1.165) is 38.6 Å². The SMILES string of the molecule is CC(C)OB1OC(C)(C)C(C)(C)O1.CC1(C)c2ccccc2-c2c1ccc1c2oc2c(B3OC(C)(C)C(C)(C)O3)cccc21.CC1(C)c2ccccc2-c2c1ccc1c2oc2ccccc21.C[CH-]CC.[Li+]. The van der Waals surface area contributed by atoms with E-state index in [2.05, 4.69) is 179 Å². The monoisotopic (exact) mass is 945 g/mol. The number of furan rings is 2. The molecule has 364 valence electrons. The molecule has 6 aromatic carbocycles. The first-order chi connectivity index (χ1) is 33.0. The first kappa shape index (κ1) is 52.8. The van der Waals surface area contributed by atoms with Crippen molar-refractivity contribution in [1.29, 1.82) is 0 Å². The Labute approximate surface area is 435 Å². The smallest absolute Gasteiger partial charge is 0.456 e. The topological polar surface area (TPSA) is 72.4 Å². The molecule has 71 heavy (non-hydrogen) atoms. The molecule has 0 radical (unpaired) electrons. The molecule has 0 bridgehead atoms. The van der Waals surface area contributed by atoms with Crippen LogP contribution in [0.2, 0.25) is 0 Å². The first-order valence-electron chi connectivity index (χ1n) is 25.2. The average Bonchev–Trinajstić information content (AvgIpc) is 4.09. The molecule has 12 rings (SSSR count). The third-order valence-electron chi connectivity index (χ3n) is 15.9. The van der Waals surface area contributed by atoms with Crippen LogP contribution in [0.5, 0.6) is 0 Å². The van der Waals surface area contributed by atoms with Crippen molar-refractivity contribution >= 4 is 63.8 Å². The maximum Gasteiger partial charge on any atom is 1.00 e. The number of benzene rings is 6. The van der Waals surface area contributed by atoms with Gasteiger partial charge in [-0.3, -0.25) is 0 Å². The number of para-hydroxylation sites is 2. The zero-order chi connectivity index (χ0) is 50.3. The second kappa shape index (κ2) is 19.1. The number of hydrogen-bond donors (Lipinski definition) is 0. The van der Waals surface area contributed by atoms with E-state index in [0.29, 0.717) is 0 Å². The Morgan fingerprint density at radius 2 is 0.901 bits per heavy atom. The van der Waals surface area contributed by atoms with Crippen LogP contribution in [0.15, 0.2) is 124 Å². The van der Waals surface area contributed by atoms with E-state index >= 15 is 0 Å². The van der Waals surface area contributed by atoms with Gasteiger partial charge in [-0.1, -0.05) is 144 Å². The minimum atomic E-state index is -0.523. The predicted octanol–water partition coefficient (Wildman–Crippen LogP) is 12.7. The van der Waals surface area contributed by atoms with Crippen molar-refractivity contribution in [3.05, 3.63) is 144 Å². The molecule has 2 saturated heterocycles. The number of unbranched alkanes of at least 4 members (excludes halogenated alkanes) is 1. The summed E-state index contributed by atoms with van der Waals surface area (Å²) in [6.07, 6.45) is 3.44. The van der Waals surface area contributed by atoms with Crippen molar-refractivity contribution in [3.8, 4) is 22.3 Å². The van der Waals surface area contributed by atoms with Gasteiger partial charge in [0.1, 0.15) is 22.3 Å². The Hall–Kier alpha value is -4.55. The van der Waals surface area contributed by atoms with E-state index in [1.165, 1.54) is 61.7 Å². The fraction of sp³-hybridized carbons (Fsp3) is 0.393. The Morgan fingerprint density at radius 1 is 0.479 bits per heavy atom. The van der Waals surface area contributed by atoms with Gasteiger partial charge in [0.25, 0.3) is 0 Å². The molecule has 2 fully saturated rings. The van der Waals surface area contributed by atoms with Crippen molar-refractivity contribution in [2.75, 3.05) is 0 Å². The fourth-order valence-corrected chi connectivity index (χ4v) is 10.3. The van der Waals surface area contributed by atoms with Gasteiger partial charge in [-0.25, -0.2) is 0 Å². The molecule has 0 unspecified atom stereocenters. The van der Waals surface area contributed by atoms with E-state index < -0.39 is 25.6 Å². The molecule has 10 heteroatoms. The maximum absolute atomic E-state index is 6.67. The second-order valence-electron chi connectivity index (χ2n) is 22.6. The van der Waals surface area contributed by atoms with Gasteiger partial charge in [0, 0.05) is 55.1 Å². The summed E-state index contributed by atoms with van der Waals surface area (Å²) in [5.41, 5.74) is 13.8. The fourth-order valence-electron chi connectivity index (χ4n) is 10.3. The Morgan fingerprint density at radius 3 is 1.41 bits per heavy atom. The predicted molar refractivity (Wildman–Crippen MR) is 291 cm³/mol. The maximum atomic E-state index is 6.67. The van der Waals surface area contributed by atoms with Crippen LogP contribution in [0.3, 0.4) is 0 Å². The van der Waals surface area contributed by atoms with E-state index in [9.17, 15) is 0 Å². The Kier molecular flexibility index (Phi) is 14.2. The second-order valence-corrected chi connectivity index (χ2v) is 22.6. The third kappa shape index (κ3) is 8.96. The average molecular weight is 945 g/mol.